The Labute approximate surface area is 367 Å². The van der Waals surface area contributed by atoms with Crippen LogP contribution in [0.15, 0.2) is 218 Å². The number of hydrogen-bond acceptors (Lipinski definition) is 2. The molecule has 0 saturated heterocycles. The molecular weight excluding hydrogens is 761 g/mol. The lowest BCUT2D eigenvalue weighted by Crippen LogP contribution is -2.16. The van der Waals surface area contributed by atoms with Gasteiger partial charge in [-0.3, -0.25) is 0 Å². The van der Waals surface area contributed by atoms with Crippen molar-refractivity contribution >= 4 is 32.3 Å². The van der Waals surface area contributed by atoms with Gasteiger partial charge in [-0.2, -0.15) is 0 Å². The Bertz CT molecular complexity index is 3590. The molecule has 0 aliphatic heterocycles. The smallest absolute Gasteiger partial charge is 0.160 e. The highest BCUT2D eigenvalue weighted by Gasteiger charge is 2.37. The number of rotatable bonds is 6. The van der Waals surface area contributed by atoms with Crippen molar-refractivity contribution in [2.75, 3.05) is 0 Å². The zero-order valence-electron chi connectivity index (χ0n) is 35.2. The first-order valence-electron chi connectivity index (χ1n) is 21.8. The Morgan fingerprint density at radius 1 is 0.302 bits per heavy atom. The van der Waals surface area contributed by atoms with Crippen molar-refractivity contribution in [2.24, 2.45) is 0 Å². The molecule has 2 heteroatoms. The fourth-order valence-electron chi connectivity index (χ4n) is 10.4. The van der Waals surface area contributed by atoms with Gasteiger partial charge in [-0.1, -0.05) is 226 Å². The number of hydrogen-bond donors (Lipinski definition) is 0. The molecule has 0 fully saturated rings. The van der Waals surface area contributed by atoms with Crippen LogP contribution in [0.25, 0.3) is 111 Å². The van der Waals surface area contributed by atoms with Gasteiger partial charge in [0.05, 0.1) is 11.4 Å². The molecule has 0 spiro atoms. The summed E-state index contributed by atoms with van der Waals surface area (Å²) in [5.74, 6) is 0.698. The summed E-state index contributed by atoms with van der Waals surface area (Å²) in [7, 11) is 0. The Hall–Kier alpha value is -7.94. The van der Waals surface area contributed by atoms with Gasteiger partial charge in [0, 0.05) is 22.1 Å². The van der Waals surface area contributed by atoms with Gasteiger partial charge >= 0.3 is 0 Å². The summed E-state index contributed by atoms with van der Waals surface area (Å²) in [5.41, 5.74) is 17.5. The molecule has 1 aliphatic carbocycles. The van der Waals surface area contributed by atoms with Crippen LogP contribution in [-0.4, -0.2) is 9.97 Å². The zero-order chi connectivity index (χ0) is 42.1. The van der Waals surface area contributed by atoms with Crippen molar-refractivity contribution in [1.29, 1.82) is 0 Å². The van der Waals surface area contributed by atoms with E-state index in [1.54, 1.807) is 0 Å². The van der Waals surface area contributed by atoms with Crippen molar-refractivity contribution in [3.05, 3.63) is 230 Å². The van der Waals surface area contributed by atoms with Crippen LogP contribution in [0.3, 0.4) is 0 Å². The van der Waals surface area contributed by atoms with Crippen LogP contribution in [0.2, 0.25) is 0 Å². The molecule has 63 heavy (non-hydrogen) atoms. The van der Waals surface area contributed by atoms with Crippen molar-refractivity contribution < 1.29 is 0 Å². The molecule has 1 heterocycles. The minimum absolute atomic E-state index is 0.117. The lowest BCUT2D eigenvalue weighted by atomic mass is 9.78. The summed E-state index contributed by atoms with van der Waals surface area (Å²) in [5, 5.41) is 7.25. The van der Waals surface area contributed by atoms with Gasteiger partial charge < -0.3 is 0 Å². The number of benzene rings is 10. The molecule has 1 aliphatic rings. The van der Waals surface area contributed by atoms with Gasteiger partial charge in [-0.25, -0.2) is 9.97 Å². The maximum Gasteiger partial charge on any atom is 0.160 e. The largest absolute Gasteiger partial charge is 0.228 e. The molecule has 0 N–H and O–H groups in total. The maximum absolute atomic E-state index is 5.34. The molecule has 0 saturated carbocycles. The van der Waals surface area contributed by atoms with E-state index in [4.69, 9.17) is 9.97 Å². The van der Waals surface area contributed by atoms with Crippen LogP contribution in [0.4, 0.5) is 0 Å². The first-order chi connectivity index (χ1) is 31.0. The van der Waals surface area contributed by atoms with E-state index in [0.717, 1.165) is 39.0 Å². The molecule has 10 aromatic carbocycles. The molecule has 0 unspecified atom stereocenters. The fourth-order valence-corrected chi connectivity index (χ4v) is 10.4. The maximum atomic E-state index is 5.34. The van der Waals surface area contributed by atoms with E-state index in [2.05, 4.69) is 226 Å². The van der Waals surface area contributed by atoms with Gasteiger partial charge in [-0.15, -0.1) is 0 Å². The molecular formula is C61H42N2. The van der Waals surface area contributed by atoms with Crippen LogP contribution in [-0.2, 0) is 5.41 Å². The van der Waals surface area contributed by atoms with Crippen LogP contribution >= 0.6 is 0 Å². The second-order valence-electron chi connectivity index (χ2n) is 17.2. The fraction of sp³-hybridized carbons (Fsp3) is 0.0492. The predicted octanol–water partition coefficient (Wildman–Crippen LogP) is 16.2. The van der Waals surface area contributed by atoms with Gasteiger partial charge in [0.2, 0.25) is 0 Å². The molecule has 12 rings (SSSR count). The summed E-state index contributed by atoms with van der Waals surface area (Å²) in [6.45, 7) is 4.75. The van der Waals surface area contributed by atoms with Crippen LogP contribution < -0.4 is 0 Å². The van der Waals surface area contributed by atoms with E-state index in [-0.39, 0.29) is 5.41 Å². The summed E-state index contributed by atoms with van der Waals surface area (Å²) in [6.07, 6.45) is 0. The Kier molecular flexibility index (Phi) is 8.55. The highest BCUT2D eigenvalue weighted by molar-refractivity contribution is 6.13. The van der Waals surface area contributed by atoms with Gasteiger partial charge in [0.15, 0.2) is 5.82 Å². The van der Waals surface area contributed by atoms with Gasteiger partial charge in [0.25, 0.3) is 0 Å². The van der Waals surface area contributed by atoms with E-state index >= 15 is 0 Å². The first-order valence-corrected chi connectivity index (χ1v) is 21.8. The number of nitrogens with zero attached hydrogens (tertiary/aromatic N) is 2. The second kappa shape index (κ2) is 14.6. The molecule has 0 radical (unpaired) electrons. The summed E-state index contributed by atoms with van der Waals surface area (Å²) in [6, 6.07) is 79.0. The lowest BCUT2D eigenvalue weighted by molar-refractivity contribution is 0.662. The SMILES string of the molecule is CC1(C)c2ccccc2-c2cccc(-c3ccc(-c4ccc(-c5cc(-c6ccccc6-c6cccc7ccccc67)nc(-c6ccccc6)n5)c5ccccc45)c4ccccc34)c21. The van der Waals surface area contributed by atoms with Crippen LogP contribution in [0.5, 0.6) is 0 Å². The predicted molar refractivity (Wildman–Crippen MR) is 265 cm³/mol. The van der Waals surface area contributed by atoms with E-state index in [1.807, 2.05) is 6.07 Å². The van der Waals surface area contributed by atoms with Crippen molar-refractivity contribution in [2.45, 2.75) is 19.3 Å². The summed E-state index contributed by atoms with van der Waals surface area (Å²) >= 11 is 0. The lowest BCUT2D eigenvalue weighted by Gasteiger charge is -2.25. The Morgan fingerprint density at radius 3 is 1.40 bits per heavy atom. The van der Waals surface area contributed by atoms with Crippen molar-refractivity contribution in [3.8, 4) is 78.4 Å². The third kappa shape index (κ3) is 5.94. The Morgan fingerprint density at radius 2 is 0.714 bits per heavy atom. The number of fused-ring (bicyclic) bond motifs is 6. The molecule has 0 bridgehead atoms. The monoisotopic (exact) mass is 802 g/mol. The second-order valence-corrected chi connectivity index (χ2v) is 17.2. The first kappa shape index (κ1) is 36.9. The molecule has 0 atom stereocenters. The Balaban J connectivity index is 1.03. The summed E-state index contributed by atoms with van der Waals surface area (Å²) in [4.78, 5) is 10.7. The highest BCUT2D eigenvalue weighted by Crippen LogP contribution is 2.53. The van der Waals surface area contributed by atoms with E-state index in [9.17, 15) is 0 Å². The van der Waals surface area contributed by atoms with Crippen LogP contribution in [0, 0.1) is 0 Å². The number of aromatic nitrogens is 2. The normalized spacial score (nSPS) is 12.7. The minimum Gasteiger partial charge on any atom is -0.228 e. The van der Waals surface area contributed by atoms with Crippen molar-refractivity contribution in [1.82, 2.24) is 9.97 Å². The molecule has 296 valence electrons. The standard InChI is InChI=1S/C61H42N2/c1-61(2)56-33-15-14-28-51(56)55-32-17-31-54(59(55)61)50-35-34-48(43-23-8-9-24-44(43)50)49-36-37-53(47-27-11-10-25-45(47)49)58-38-57(62-60(63-58)40-19-4-3-5-20-40)52-29-13-12-26-46(52)42-30-16-21-39-18-6-7-22-41(39)42/h3-38H,1-2H3. The quantitative estimate of drug-likeness (QED) is 0.167. The van der Waals surface area contributed by atoms with Gasteiger partial charge in [0.1, 0.15) is 0 Å². The molecule has 1 aromatic heterocycles. The molecule has 0 amide bonds. The van der Waals surface area contributed by atoms with Gasteiger partial charge in [-0.05, 0) is 94.0 Å². The van der Waals surface area contributed by atoms with E-state index < -0.39 is 0 Å². The summed E-state index contributed by atoms with van der Waals surface area (Å²) < 4.78 is 0. The minimum atomic E-state index is -0.117. The average molecular weight is 803 g/mol. The van der Waals surface area contributed by atoms with Crippen LogP contribution in [0.1, 0.15) is 25.0 Å². The van der Waals surface area contributed by atoms with E-state index in [1.165, 1.54) is 77.0 Å². The topological polar surface area (TPSA) is 25.8 Å². The molecule has 2 nitrogen and oxygen atoms in total. The zero-order valence-corrected chi connectivity index (χ0v) is 35.2. The molecule has 11 aromatic rings. The van der Waals surface area contributed by atoms with Crippen molar-refractivity contribution in [3.63, 3.8) is 0 Å². The van der Waals surface area contributed by atoms with E-state index in [0.29, 0.717) is 5.82 Å². The third-order valence-corrected chi connectivity index (χ3v) is 13.3. The average Bonchev–Trinajstić information content (AvgIpc) is 3.59. The third-order valence-electron chi connectivity index (χ3n) is 13.3. The highest BCUT2D eigenvalue weighted by atomic mass is 14.9.